The highest BCUT2D eigenvalue weighted by atomic mass is 32.1. The first-order valence-electron chi connectivity index (χ1n) is 6.72. The Morgan fingerprint density at radius 2 is 2.15 bits per heavy atom. The summed E-state index contributed by atoms with van der Waals surface area (Å²) >= 11 is 1.52. The van der Waals surface area contributed by atoms with Crippen LogP contribution >= 0.6 is 11.3 Å². The summed E-state index contributed by atoms with van der Waals surface area (Å²) in [5.74, 6) is -1.27. The predicted molar refractivity (Wildman–Crippen MR) is 82.4 cm³/mol. The highest BCUT2D eigenvalue weighted by Crippen LogP contribution is 2.37. The SMILES string of the molecule is CCN(CC(C)C(=O)O)c1scc(C(C)(C)C)c1C#N. The molecule has 4 nitrogen and oxygen atoms in total. The van der Waals surface area contributed by atoms with Crippen LogP contribution in [0.5, 0.6) is 0 Å². The van der Waals surface area contributed by atoms with Gasteiger partial charge in [-0.3, -0.25) is 4.79 Å². The standard InChI is InChI=1S/C15H22N2O2S/c1-6-17(8-10(2)14(18)19)13-11(7-16)12(9-20-13)15(3,4)5/h9-10H,6,8H2,1-5H3,(H,18,19). The molecule has 0 aliphatic carbocycles. The number of rotatable bonds is 5. The monoisotopic (exact) mass is 294 g/mol. The average Bonchev–Trinajstić information content (AvgIpc) is 2.78. The van der Waals surface area contributed by atoms with Crippen molar-refractivity contribution in [2.75, 3.05) is 18.0 Å². The van der Waals surface area contributed by atoms with Crippen molar-refractivity contribution in [2.45, 2.75) is 40.0 Å². The Kier molecular flexibility index (Phi) is 5.18. The van der Waals surface area contributed by atoms with E-state index in [1.807, 2.05) is 17.2 Å². The third-order valence-electron chi connectivity index (χ3n) is 3.28. The predicted octanol–water partition coefficient (Wildman–Crippen LogP) is 3.46. The zero-order valence-electron chi connectivity index (χ0n) is 12.7. The fraction of sp³-hybridized carbons (Fsp3) is 0.600. The molecule has 1 heterocycles. The molecule has 1 N–H and O–H groups in total. The van der Waals surface area contributed by atoms with Crippen LogP contribution in [0, 0.1) is 17.2 Å². The van der Waals surface area contributed by atoms with E-state index in [2.05, 4.69) is 26.8 Å². The summed E-state index contributed by atoms with van der Waals surface area (Å²) in [7, 11) is 0. The summed E-state index contributed by atoms with van der Waals surface area (Å²) in [5, 5.41) is 21.4. The number of hydrogen-bond acceptors (Lipinski definition) is 4. The van der Waals surface area contributed by atoms with Crippen LogP contribution in [0.3, 0.4) is 0 Å². The van der Waals surface area contributed by atoms with Crippen LogP contribution < -0.4 is 4.90 Å². The first kappa shape index (κ1) is 16.5. The number of aliphatic carboxylic acids is 1. The number of carbonyl (C=O) groups is 1. The topological polar surface area (TPSA) is 64.3 Å². The fourth-order valence-electron chi connectivity index (χ4n) is 2.00. The van der Waals surface area contributed by atoms with Crippen LogP contribution in [0.1, 0.15) is 45.7 Å². The van der Waals surface area contributed by atoms with Crippen molar-refractivity contribution in [1.29, 1.82) is 5.26 Å². The number of anilines is 1. The van der Waals surface area contributed by atoms with Gasteiger partial charge in [0, 0.05) is 13.1 Å². The van der Waals surface area contributed by atoms with Gasteiger partial charge in [0.25, 0.3) is 0 Å². The van der Waals surface area contributed by atoms with Crippen molar-refractivity contribution in [1.82, 2.24) is 0 Å². The fourth-order valence-corrected chi connectivity index (χ4v) is 3.33. The van der Waals surface area contributed by atoms with E-state index in [0.29, 0.717) is 18.7 Å². The zero-order chi connectivity index (χ0) is 15.5. The van der Waals surface area contributed by atoms with E-state index >= 15 is 0 Å². The van der Waals surface area contributed by atoms with E-state index in [0.717, 1.165) is 10.6 Å². The molecule has 0 spiro atoms. The van der Waals surface area contributed by atoms with Crippen molar-refractivity contribution < 1.29 is 9.90 Å². The highest BCUT2D eigenvalue weighted by Gasteiger charge is 2.26. The van der Waals surface area contributed by atoms with Crippen LogP contribution in [0.15, 0.2) is 5.38 Å². The maximum atomic E-state index is 11.0. The van der Waals surface area contributed by atoms with Gasteiger partial charge in [0.15, 0.2) is 0 Å². The zero-order valence-corrected chi connectivity index (χ0v) is 13.5. The van der Waals surface area contributed by atoms with Crippen LogP contribution in [0.4, 0.5) is 5.00 Å². The molecule has 0 saturated carbocycles. The van der Waals surface area contributed by atoms with Gasteiger partial charge in [-0.25, -0.2) is 0 Å². The van der Waals surface area contributed by atoms with Gasteiger partial charge < -0.3 is 10.0 Å². The maximum Gasteiger partial charge on any atom is 0.308 e. The molecule has 1 atom stereocenters. The number of nitrogens with zero attached hydrogens (tertiary/aromatic N) is 2. The Morgan fingerprint density at radius 1 is 1.55 bits per heavy atom. The second-order valence-corrected chi connectivity index (χ2v) is 6.83. The molecule has 1 aromatic rings. The van der Waals surface area contributed by atoms with Crippen molar-refractivity contribution >= 4 is 22.3 Å². The molecule has 1 rings (SSSR count). The van der Waals surface area contributed by atoms with Gasteiger partial charge in [0.1, 0.15) is 11.1 Å². The third kappa shape index (κ3) is 3.51. The Morgan fingerprint density at radius 3 is 2.55 bits per heavy atom. The van der Waals surface area contributed by atoms with Crippen LogP contribution in [-0.2, 0) is 10.2 Å². The van der Waals surface area contributed by atoms with Crippen molar-refractivity contribution in [3.63, 3.8) is 0 Å². The normalized spacial score (nSPS) is 12.8. The first-order valence-corrected chi connectivity index (χ1v) is 7.60. The number of nitriles is 1. The maximum absolute atomic E-state index is 11.0. The molecule has 0 aliphatic heterocycles. The van der Waals surface area contributed by atoms with Gasteiger partial charge in [0.2, 0.25) is 0 Å². The third-order valence-corrected chi connectivity index (χ3v) is 4.32. The van der Waals surface area contributed by atoms with E-state index in [-0.39, 0.29) is 5.41 Å². The highest BCUT2D eigenvalue weighted by molar-refractivity contribution is 7.14. The second kappa shape index (κ2) is 6.27. The minimum absolute atomic E-state index is 0.0857. The summed E-state index contributed by atoms with van der Waals surface area (Å²) in [5.41, 5.74) is 1.63. The van der Waals surface area contributed by atoms with Gasteiger partial charge in [-0.15, -0.1) is 11.3 Å². The van der Waals surface area contributed by atoms with E-state index in [1.54, 1.807) is 6.92 Å². The molecular weight excluding hydrogens is 272 g/mol. The summed E-state index contributed by atoms with van der Waals surface area (Å²) < 4.78 is 0. The molecule has 0 aromatic carbocycles. The Labute approximate surface area is 124 Å². The van der Waals surface area contributed by atoms with Crippen molar-refractivity contribution in [2.24, 2.45) is 5.92 Å². The molecule has 20 heavy (non-hydrogen) atoms. The quantitative estimate of drug-likeness (QED) is 0.903. The molecule has 1 unspecified atom stereocenters. The Bertz CT molecular complexity index is 523. The second-order valence-electron chi connectivity index (χ2n) is 5.97. The van der Waals surface area contributed by atoms with Crippen molar-refractivity contribution in [3.8, 4) is 6.07 Å². The summed E-state index contributed by atoms with van der Waals surface area (Å²) in [4.78, 5) is 13.0. The van der Waals surface area contributed by atoms with E-state index < -0.39 is 11.9 Å². The van der Waals surface area contributed by atoms with E-state index in [4.69, 9.17) is 5.11 Å². The molecule has 0 amide bonds. The summed E-state index contributed by atoms with van der Waals surface area (Å²) in [6, 6.07) is 2.29. The number of thiophene rings is 1. The Hall–Kier alpha value is -1.54. The lowest BCUT2D eigenvalue weighted by Gasteiger charge is -2.24. The van der Waals surface area contributed by atoms with Gasteiger partial charge in [-0.1, -0.05) is 27.7 Å². The van der Waals surface area contributed by atoms with Gasteiger partial charge in [-0.05, 0) is 23.3 Å². The lowest BCUT2D eigenvalue weighted by molar-refractivity contribution is -0.140. The molecule has 0 fully saturated rings. The van der Waals surface area contributed by atoms with Gasteiger partial charge >= 0.3 is 5.97 Å². The number of carboxylic acids is 1. The summed E-state index contributed by atoms with van der Waals surface area (Å²) in [6.07, 6.45) is 0. The van der Waals surface area contributed by atoms with Crippen molar-refractivity contribution in [3.05, 3.63) is 16.5 Å². The number of hydrogen-bond donors (Lipinski definition) is 1. The lowest BCUT2D eigenvalue weighted by atomic mass is 9.86. The summed E-state index contributed by atoms with van der Waals surface area (Å²) in [6.45, 7) is 11.0. The van der Waals surface area contributed by atoms with E-state index in [1.165, 1.54) is 11.3 Å². The molecule has 5 heteroatoms. The van der Waals surface area contributed by atoms with Crippen LogP contribution in [0.2, 0.25) is 0 Å². The van der Waals surface area contributed by atoms with Gasteiger partial charge in [-0.2, -0.15) is 5.26 Å². The minimum Gasteiger partial charge on any atom is -0.481 e. The largest absolute Gasteiger partial charge is 0.481 e. The molecule has 0 aliphatic rings. The number of carboxylic acid groups (broad SMARTS) is 1. The van der Waals surface area contributed by atoms with Crippen LogP contribution in [-0.4, -0.2) is 24.2 Å². The smallest absolute Gasteiger partial charge is 0.308 e. The van der Waals surface area contributed by atoms with Crippen LogP contribution in [0.25, 0.3) is 0 Å². The minimum atomic E-state index is -0.811. The molecule has 0 saturated heterocycles. The van der Waals surface area contributed by atoms with Gasteiger partial charge in [0.05, 0.1) is 11.5 Å². The lowest BCUT2D eigenvalue weighted by Crippen LogP contribution is -2.31. The molecule has 0 radical (unpaired) electrons. The first-order chi connectivity index (χ1) is 9.22. The molecule has 1 aromatic heterocycles. The Balaban J connectivity index is 3.15. The average molecular weight is 294 g/mol. The molecule has 110 valence electrons. The molecular formula is C15H22N2O2S. The molecule has 0 bridgehead atoms. The van der Waals surface area contributed by atoms with E-state index in [9.17, 15) is 10.1 Å².